The number of imide groups is 2. The van der Waals surface area contributed by atoms with E-state index in [9.17, 15) is 24.0 Å². The molecule has 1 aromatic heterocycles. The number of anilines is 3. The van der Waals surface area contributed by atoms with Crippen molar-refractivity contribution in [2.45, 2.75) is 105 Å². The van der Waals surface area contributed by atoms with Crippen molar-refractivity contribution in [3.63, 3.8) is 0 Å². The molecule has 1 N–H and O–H groups in total. The number of rotatable bonds is 6. The number of hydrogen-bond donors (Lipinski definition) is 1. The molecule has 1 aliphatic carbocycles. The van der Waals surface area contributed by atoms with E-state index in [-0.39, 0.29) is 23.0 Å². The van der Waals surface area contributed by atoms with Crippen LogP contribution >= 0.6 is 0 Å². The molecule has 4 rings (SSSR count). The van der Waals surface area contributed by atoms with Crippen LogP contribution in [0.2, 0.25) is 0 Å². The van der Waals surface area contributed by atoms with E-state index >= 15 is 0 Å². The molecule has 0 aliphatic heterocycles. The lowest BCUT2D eigenvalue weighted by atomic mass is 10.1. The summed E-state index contributed by atoms with van der Waals surface area (Å²) in [6.45, 7) is 16.5. The second kappa shape index (κ2) is 14.3. The molecule has 12 nitrogen and oxygen atoms in total. The van der Waals surface area contributed by atoms with Crippen LogP contribution in [-0.4, -0.2) is 62.7 Å². The summed E-state index contributed by atoms with van der Waals surface area (Å²) in [7, 11) is 0. The molecule has 0 spiro atoms. The van der Waals surface area contributed by atoms with E-state index in [0.29, 0.717) is 29.0 Å². The maximum atomic E-state index is 14.6. The molecule has 0 fully saturated rings. The molecule has 0 unspecified atom stereocenters. The molecule has 50 heavy (non-hydrogen) atoms. The minimum atomic E-state index is -1.05. The lowest BCUT2D eigenvalue weighted by molar-refractivity contribution is 0.0168. The van der Waals surface area contributed by atoms with E-state index in [1.165, 1.54) is 19.1 Å². The van der Waals surface area contributed by atoms with Crippen molar-refractivity contribution < 1.29 is 38.2 Å². The van der Waals surface area contributed by atoms with Crippen LogP contribution in [0.1, 0.15) is 101 Å². The van der Waals surface area contributed by atoms with Crippen LogP contribution in [0.5, 0.6) is 0 Å². The summed E-state index contributed by atoms with van der Waals surface area (Å²) in [5.74, 6) is -0.870. The third-order valence-electron chi connectivity index (χ3n) is 7.21. The first-order chi connectivity index (χ1) is 23.1. The van der Waals surface area contributed by atoms with Crippen LogP contribution in [0.25, 0.3) is 0 Å². The average Bonchev–Trinajstić information content (AvgIpc) is 3.38. The van der Waals surface area contributed by atoms with Crippen molar-refractivity contribution in [3.8, 4) is 0 Å². The number of nitrogens with zero attached hydrogens (tertiary/aromatic N) is 3. The van der Waals surface area contributed by atoms with Crippen LogP contribution in [0.3, 0.4) is 0 Å². The van der Waals surface area contributed by atoms with Gasteiger partial charge in [0.25, 0.3) is 5.91 Å². The highest BCUT2D eigenvalue weighted by Crippen LogP contribution is 2.31. The number of ether oxygens (including phenoxy) is 3. The van der Waals surface area contributed by atoms with E-state index < -0.39 is 47.0 Å². The van der Waals surface area contributed by atoms with Crippen LogP contribution in [0.15, 0.2) is 60.7 Å². The van der Waals surface area contributed by atoms with Gasteiger partial charge >= 0.3 is 18.3 Å². The second-order valence-corrected chi connectivity index (χ2v) is 15.1. The highest BCUT2D eigenvalue weighted by molar-refractivity contribution is 6.11. The molecule has 4 amide bonds. The number of hydrogen-bond acceptors (Lipinski definition) is 10. The molecule has 266 valence electrons. The van der Waals surface area contributed by atoms with E-state index in [1.807, 2.05) is 24.3 Å². The zero-order valence-electron chi connectivity index (χ0n) is 30.4. The molecule has 0 saturated heterocycles. The maximum Gasteiger partial charge on any atom is 0.424 e. The summed E-state index contributed by atoms with van der Waals surface area (Å²) in [4.78, 5) is 73.7. The van der Waals surface area contributed by atoms with Gasteiger partial charge in [0.1, 0.15) is 28.3 Å². The number of ketones is 1. The fourth-order valence-electron chi connectivity index (χ4n) is 5.21. The number of Topliss-reactive ketones (excluding diaryl/α,β-unsaturated/α-hetero) is 1. The molecule has 0 atom stereocenters. The van der Waals surface area contributed by atoms with Gasteiger partial charge in [-0.25, -0.2) is 24.3 Å². The third kappa shape index (κ3) is 9.90. The predicted molar refractivity (Wildman–Crippen MR) is 189 cm³/mol. The van der Waals surface area contributed by atoms with Crippen LogP contribution in [0, 0.1) is 0 Å². The van der Waals surface area contributed by atoms with Crippen molar-refractivity contribution in [3.05, 3.63) is 83.0 Å². The van der Waals surface area contributed by atoms with Crippen LogP contribution < -0.4 is 10.2 Å². The summed E-state index contributed by atoms with van der Waals surface area (Å²) in [5.41, 5.74) is -0.289. The maximum absolute atomic E-state index is 14.6. The van der Waals surface area contributed by atoms with Gasteiger partial charge in [0.05, 0.1) is 11.7 Å². The standard InChI is InChI=1S/C38H46N4O8/c1-23(43)24-15-17-27(18-16-24)39-31-22-29(42(34(46)49-37(5,6)7)35(47)50-38(8,9)10)21-30(40-31)32(44)41(33(45)48-36(2,3)4)28-19-25-13-11-12-14-26(25)20-28/h11-18,21-22,28H,19-20H2,1-10H3,(H,39,40). The van der Waals surface area contributed by atoms with Gasteiger partial charge in [-0.2, -0.15) is 4.90 Å². The minimum Gasteiger partial charge on any atom is -0.443 e. The van der Waals surface area contributed by atoms with Gasteiger partial charge in [0, 0.05) is 17.3 Å². The number of benzene rings is 2. The van der Waals surface area contributed by atoms with Gasteiger partial charge in [-0.15, -0.1) is 0 Å². The number of carbonyl (C=O) groups is 5. The van der Waals surface area contributed by atoms with Gasteiger partial charge in [-0.1, -0.05) is 24.3 Å². The van der Waals surface area contributed by atoms with Crippen molar-refractivity contribution in [2.75, 3.05) is 10.2 Å². The molecule has 0 radical (unpaired) electrons. The number of fused-ring (bicyclic) bond motifs is 1. The first-order valence-electron chi connectivity index (χ1n) is 16.4. The van der Waals surface area contributed by atoms with E-state index in [2.05, 4.69) is 10.3 Å². The minimum absolute atomic E-state index is 0.0531. The molecule has 2 aromatic carbocycles. The quantitative estimate of drug-likeness (QED) is 0.199. The summed E-state index contributed by atoms with van der Waals surface area (Å²) in [6.07, 6.45) is -2.17. The van der Waals surface area contributed by atoms with Gasteiger partial charge < -0.3 is 19.5 Å². The molecule has 1 heterocycles. The highest BCUT2D eigenvalue weighted by Gasteiger charge is 2.39. The Bertz CT molecular complexity index is 1730. The average molecular weight is 687 g/mol. The molecule has 12 heteroatoms. The summed E-state index contributed by atoms with van der Waals surface area (Å²) >= 11 is 0. The Balaban J connectivity index is 1.87. The lowest BCUT2D eigenvalue weighted by Crippen LogP contribution is -2.48. The van der Waals surface area contributed by atoms with Crippen molar-refractivity contribution >= 4 is 47.2 Å². The Kier molecular flexibility index (Phi) is 10.7. The number of nitrogens with one attached hydrogen (secondary N) is 1. The van der Waals surface area contributed by atoms with Crippen LogP contribution in [0.4, 0.5) is 31.6 Å². The smallest absolute Gasteiger partial charge is 0.424 e. The number of aromatic nitrogens is 1. The zero-order chi connectivity index (χ0) is 37.2. The van der Waals surface area contributed by atoms with Crippen molar-refractivity contribution in [2.24, 2.45) is 0 Å². The normalized spacial score (nSPS) is 13.2. The third-order valence-corrected chi connectivity index (χ3v) is 7.21. The van der Waals surface area contributed by atoms with Crippen molar-refractivity contribution in [1.82, 2.24) is 9.88 Å². The Hall–Kier alpha value is -5.26. The molecule has 1 aliphatic rings. The van der Waals surface area contributed by atoms with Gasteiger partial charge in [0.2, 0.25) is 0 Å². The lowest BCUT2D eigenvalue weighted by Gasteiger charge is -2.31. The highest BCUT2D eigenvalue weighted by atomic mass is 16.6. The topological polar surface area (TPSA) is 144 Å². The van der Waals surface area contributed by atoms with Gasteiger partial charge in [-0.05, 0) is 124 Å². The largest absolute Gasteiger partial charge is 0.443 e. The zero-order valence-corrected chi connectivity index (χ0v) is 30.4. The molecule has 0 bridgehead atoms. The second-order valence-electron chi connectivity index (χ2n) is 15.1. The molecule has 3 aromatic rings. The monoisotopic (exact) mass is 686 g/mol. The summed E-state index contributed by atoms with van der Waals surface area (Å²) < 4.78 is 16.9. The fourth-order valence-corrected chi connectivity index (χ4v) is 5.21. The molecule has 0 saturated carbocycles. The number of carbonyl (C=O) groups excluding carboxylic acids is 5. The Morgan fingerprint density at radius 1 is 0.700 bits per heavy atom. The van der Waals surface area contributed by atoms with Crippen molar-refractivity contribution in [1.29, 1.82) is 0 Å². The Morgan fingerprint density at radius 2 is 1.18 bits per heavy atom. The summed E-state index contributed by atoms with van der Waals surface area (Å²) in [5, 5.41) is 3.08. The molecular formula is C38H46N4O8. The van der Waals surface area contributed by atoms with E-state index in [0.717, 1.165) is 16.0 Å². The number of pyridine rings is 1. The number of amides is 4. The SMILES string of the molecule is CC(=O)c1ccc(Nc2cc(N(C(=O)OC(C)(C)C)C(=O)OC(C)(C)C)cc(C(=O)N(C(=O)OC(C)(C)C)C3Cc4ccccc4C3)n2)cc1. The fraction of sp³-hybridized carbons (Fsp3) is 0.421. The van der Waals surface area contributed by atoms with E-state index in [4.69, 9.17) is 14.2 Å². The van der Waals surface area contributed by atoms with Gasteiger partial charge in [0.15, 0.2) is 5.78 Å². The Morgan fingerprint density at radius 3 is 1.64 bits per heavy atom. The van der Waals surface area contributed by atoms with Gasteiger partial charge in [-0.3, -0.25) is 9.59 Å². The molecular weight excluding hydrogens is 640 g/mol. The Labute approximate surface area is 293 Å². The predicted octanol–water partition coefficient (Wildman–Crippen LogP) is 8.25. The van der Waals surface area contributed by atoms with E-state index in [1.54, 1.807) is 86.6 Å². The summed E-state index contributed by atoms with van der Waals surface area (Å²) in [6, 6.07) is 16.3. The first kappa shape index (κ1) is 37.6. The van der Waals surface area contributed by atoms with Crippen LogP contribution in [-0.2, 0) is 27.1 Å². The first-order valence-corrected chi connectivity index (χ1v) is 16.4.